The Morgan fingerprint density at radius 2 is 1.89 bits per heavy atom. The molecule has 0 aliphatic carbocycles. The molecular formula is C10H17F3N2O3S. The molecule has 19 heavy (non-hydrogen) atoms. The maximum absolute atomic E-state index is 10.7. The van der Waals surface area contributed by atoms with E-state index in [-0.39, 0.29) is 0 Å². The van der Waals surface area contributed by atoms with Crippen LogP contribution in [0.5, 0.6) is 0 Å². The molecule has 1 N–H and O–H groups in total. The molecule has 0 fully saturated rings. The third kappa shape index (κ3) is 7.16. The summed E-state index contributed by atoms with van der Waals surface area (Å²) in [5.41, 5.74) is -5.65. The van der Waals surface area contributed by atoms with Gasteiger partial charge in [0.2, 0.25) is 0 Å². The minimum Gasteiger partial charge on any atom is -0.741 e. The van der Waals surface area contributed by atoms with Gasteiger partial charge in [0.25, 0.3) is 5.82 Å². The van der Waals surface area contributed by atoms with Crippen molar-refractivity contribution in [3.63, 3.8) is 0 Å². The van der Waals surface area contributed by atoms with E-state index >= 15 is 0 Å². The number of unbranched alkanes of at least 4 members (excludes halogenated alkanes) is 2. The number of alkyl halides is 3. The van der Waals surface area contributed by atoms with E-state index < -0.39 is 15.6 Å². The smallest absolute Gasteiger partial charge is 0.485 e. The zero-order chi connectivity index (χ0) is 15.1. The Hall–Kier alpha value is -1.09. The van der Waals surface area contributed by atoms with Crippen molar-refractivity contribution < 1.29 is 30.7 Å². The minimum absolute atomic E-state index is 1.18. The molecular weight excluding hydrogens is 285 g/mol. The molecule has 9 heteroatoms. The lowest BCUT2D eigenvalue weighted by Gasteiger charge is -2.08. The van der Waals surface area contributed by atoms with Gasteiger partial charge in [-0.25, -0.2) is 18.0 Å². The highest BCUT2D eigenvalue weighted by Gasteiger charge is 2.36. The molecule has 0 aromatic carbocycles. The highest BCUT2D eigenvalue weighted by molar-refractivity contribution is 7.86. The summed E-state index contributed by atoms with van der Waals surface area (Å²) in [5.74, 6) is 1.33. The van der Waals surface area contributed by atoms with Gasteiger partial charge in [0.15, 0.2) is 10.1 Å². The van der Waals surface area contributed by atoms with E-state index in [9.17, 15) is 13.2 Å². The molecule has 0 atom stereocenters. The van der Waals surface area contributed by atoms with Crippen LogP contribution < -0.4 is 4.57 Å². The lowest BCUT2D eigenvalue weighted by Crippen LogP contribution is -2.30. The van der Waals surface area contributed by atoms with E-state index in [0.717, 1.165) is 0 Å². The van der Waals surface area contributed by atoms with Crippen LogP contribution in [0.2, 0.25) is 0 Å². The predicted octanol–water partition coefficient (Wildman–Crippen LogP) is 1.62. The van der Waals surface area contributed by atoms with Gasteiger partial charge < -0.3 is 4.55 Å². The maximum Gasteiger partial charge on any atom is 0.485 e. The van der Waals surface area contributed by atoms with Crippen LogP contribution in [0.4, 0.5) is 13.2 Å². The highest BCUT2D eigenvalue weighted by atomic mass is 32.2. The fourth-order valence-corrected chi connectivity index (χ4v) is 1.23. The van der Waals surface area contributed by atoms with Gasteiger partial charge >= 0.3 is 5.51 Å². The molecule has 0 saturated heterocycles. The van der Waals surface area contributed by atoms with E-state index in [1.807, 2.05) is 6.20 Å². The minimum atomic E-state index is -6.09. The van der Waals surface area contributed by atoms with Crippen molar-refractivity contribution in [2.75, 3.05) is 0 Å². The van der Waals surface area contributed by atoms with Gasteiger partial charge in [0.1, 0.15) is 12.4 Å². The van der Waals surface area contributed by atoms with Gasteiger partial charge in [-0.1, -0.05) is 19.8 Å². The summed E-state index contributed by atoms with van der Waals surface area (Å²) in [6, 6.07) is 0. The number of hydrogen-bond donors (Lipinski definition) is 1. The molecule has 0 radical (unpaired) electrons. The number of rotatable bonds is 4. The lowest BCUT2D eigenvalue weighted by atomic mass is 10.2. The summed E-state index contributed by atoms with van der Waals surface area (Å²) in [4.78, 5) is 3.23. The number of nitrogens with one attached hydrogen (secondary N) is 1. The first-order valence-electron chi connectivity index (χ1n) is 5.63. The Morgan fingerprint density at radius 1 is 1.37 bits per heavy atom. The van der Waals surface area contributed by atoms with Gasteiger partial charge in [-0.05, 0) is 6.42 Å². The van der Waals surface area contributed by atoms with Crippen LogP contribution in [0.3, 0.4) is 0 Å². The molecule has 0 spiro atoms. The summed E-state index contributed by atoms with van der Waals surface area (Å²) < 4.78 is 61.1. The van der Waals surface area contributed by atoms with Crippen LogP contribution in [0.1, 0.15) is 32.0 Å². The van der Waals surface area contributed by atoms with Gasteiger partial charge in [-0.15, -0.1) is 0 Å². The normalized spacial score (nSPS) is 11.9. The van der Waals surface area contributed by atoms with Gasteiger partial charge in [0.05, 0.1) is 7.05 Å². The summed E-state index contributed by atoms with van der Waals surface area (Å²) in [6.07, 6.45) is 9.15. The number of aromatic nitrogens is 2. The number of aryl methyl sites for hydroxylation is 2. The second-order valence-electron chi connectivity index (χ2n) is 3.87. The number of hydrogen-bond acceptors (Lipinski definition) is 3. The van der Waals surface area contributed by atoms with Crippen LogP contribution in [0.25, 0.3) is 0 Å². The molecule has 1 aromatic rings. The van der Waals surface area contributed by atoms with Crippen molar-refractivity contribution >= 4 is 10.1 Å². The SMILES string of the molecule is CCCCCc1[nH]cc[n+]1C.O=S(=O)([O-])C(F)(F)F. The Kier molecular flexibility index (Phi) is 7.06. The quantitative estimate of drug-likeness (QED) is 0.397. The van der Waals surface area contributed by atoms with Crippen molar-refractivity contribution in [1.82, 2.24) is 4.98 Å². The van der Waals surface area contributed by atoms with Crippen LogP contribution in [-0.2, 0) is 23.6 Å². The Balaban J connectivity index is 0.000000362. The molecule has 0 unspecified atom stereocenters. The third-order valence-corrected chi connectivity index (χ3v) is 2.84. The van der Waals surface area contributed by atoms with E-state index in [0.29, 0.717) is 0 Å². The number of nitrogens with zero attached hydrogens (tertiary/aromatic N) is 1. The Labute approximate surface area is 110 Å². The van der Waals surface area contributed by atoms with E-state index in [4.69, 9.17) is 13.0 Å². The second kappa shape index (κ2) is 7.49. The van der Waals surface area contributed by atoms with Crippen LogP contribution >= 0.6 is 0 Å². The number of halogens is 3. The average molecular weight is 302 g/mol. The first-order chi connectivity index (χ1) is 8.59. The van der Waals surface area contributed by atoms with Crippen molar-refractivity contribution in [2.24, 2.45) is 7.05 Å². The average Bonchev–Trinajstić information content (AvgIpc) is 2.63. The van der Waals surface area contributed by atoms with Crippen molar-refractivity contribution in [3.05, 3.63) is 18.2 Å². The summed E-state index contributed by atoms with van der Waals surface area (Å²) >= 11 is 0. The van der Waals surface area contributed by atoms with E-state index in [1.54, 1.807) is 0 Å². The first kappa shape index (κ1) is 17.9. The molecule has 5 nitrogen and oxygen atoms in total. The predicted molar refractivity (Wildman–Crippen MR) is 60.9 cm³/mol. The fourth-order valence-electron chi connectivity index (χ4n) is 1.23. The number of aromatic amines is 1. The monoisotopic (exact) mass is 302 g/mol. The molecule has 112 valence electrons. The van der Waals surface area contributed by atoms with E-state index in [2.05, 4.69) is 29.7 Å². The Bertz CT molecular complexity index is 469. The first-order valence-corrected chi connectivity index (χ1v) is 7.04. The standard InChI is InChI=1S/C9H16N2.CHF3O3S/c1-3-4-5-6-9-10-7-8-11(9)2;2-1(3,4)8(5,6)7/h7-8H,3-6H2,1-2H3;(H,5,6,7). The molecule has 0 aliphatic rings. The molecule has 0 amide bonds. The maximum atomic E-state index is 10.7. The molecule has 0 bridgehead atoms. The van der Waals surface area contributed by atoms with E-state index in [1.165, 1.54) is 31.5 Å². The summed E-state index contributed by atoms with van der Waals surface area (Å²) in [7, 11) is -4.01. The number of imidazole rings is 1. The highest BCUT2D eigenvalue weighted by Crippen LogP contribution is 2.20. The number of H-pyrrole nitrogens is 1. The fraction of sp³-hybridized carbons (Fsp3) is 0.700. The Morgan fingerprint density at radius 3 is 2.21 bits per heavy atom. The molecule has 1 rings (SSSR count). The lowest BCUT2D eigenvalue weighted by molar-refractivity contribution is -0.677. The zero-order valence-electron chi connectivity index (χ0n) is 10.7. The van der Waals surface area contributed by atoms with Crippen molar-refractivity contribution in [2.45, 2.75) is 38.1 Å². The molecule has 1 aromatic heterocycles. The summed E-state index contributed by atoms with van der Waals surface area (Å²) in [6.45, 7) is 2.23. The van der Waals surface area contributed by atoms with Gasteiger partial charge in [-0.3, -0.25) is 0 Å². The largest absolute Gasteiger partial charge is 0.741 e. The zero-order valence-corrected chi connectivity index (χ0v) is 11.5. The summed E-state index contributed by atoms with van der Waals surface area (Å²) in [5, 5.41) is 0. The van der Waals surface area contributed by atoms with Gasteiger partial charge in [0, 0.05) is 6.42 Å². The van der Waals surface area contributed by atoms with Crippen molar-refractivity contribution in [3.8, 4) is 0 Å². The van der Waals surface area contributed by atoms with Gasteiger partial charge in [-0.2, -0.15) is 13.2 Å². The molecule has 0 saturated carbocycles. The van der Waals surface area contributed by atoms with Crippen molar-refractivity contribution in [1.29, 1.82) is 0 Å². The van der Waals surface area contributed by atoms with Crippen LogP contribution in [0, 0.1) is 0 Å². The molecule has 0 aliphatic heterocycles. The topological polar surface area (TPSA) is 76.9 Å². The van der Waals surface area contributed by atoms with Crippen LogP contribution in [0.15, 0.2) is 12.4 Å². The second-order valence-corrected chi connectivity index (χ2v) is 5.25. The molecule has 1 heterocycles. The van der Waals surface area contributed by atoms with Crippen LogP contribution in [-0.4, -0.2) is 23.5 Å². The third-order valence-electron chi connectivity index (χ3n) is 2.27.